The minimum atomic E-state index is 0.495. The zero-order valence-corrected chi connectivity index (χ0v) is 7.95. The van der Waals surface area contributed by atoms with E-state index in [1.54, 1.807) is 0 Å². The van der Waals surface area contributed by atoms with Crippen molar-refractivity contribution < 1.29 is 5.21 Å². The molecule has 0 amide bonds. The standard InChI is InChI=1S/C11H17NO/c1-2-3-10-8-4-6-9(7-5-8)11(10)12-13/h2,8-10,13H,1,3-7H2/b12-11-. The Morgan fingerprint density at radius 3 is 2.62 bits per heavy atom. The minimum absolute atomic E-state index is 0.495. The molecule has 1 N–H and O–H groups in total. The number of allylic oxidation sites excluding steroid dienone is 1. The van der Waals surface area contributed by atoms with E-state index in [1.807, 2.05) is 6.08 Å². The van der Waals surface area contributed by atoms with Gasteiger partial charge in [-0.15, -0.1) is 6.58 Å². The second-order valence-electron chi connectivity index (χ2n) is 4.27. The minimum Gasteiger partial charge on any atom is -0.411 e. The predicted octanol–water partition coefficient (Wildman–Crippen LogP) is 2.83. The average molecular weight is 179 g/mol. The maximum absolute atomic E-state index is 8.96. The number of fused-ring (bicyclic) bond motifs is 3. The Hall–Kier alpha value is -0.790. The smallest absolute Gasteiger partial charge is 0.0638 e. The first kappa shape index (κ1) is 8.79. The van der Waals surface area contributed by atoms with E-state index < -0.39 is 0 Å². The summed E-state index contributed by atoms with van der Waals surface area (Å²) in [5.74, 6) is 1.82. The Morgan fingerprint density at radius 1 is 1.38 bits per heavy atom. The molecule has 3 aliphatic carbocycles. The first-order valence-corrected chi connectivity index (χ1v) is 5.19. The topological polar surface area (TPSA) is 32.6 Å². The third kappa shape index (κ3) is 1.38. The monoisotopic (exact) mass is 179 g/mol. The van der Waals surface area contributed by atoms with E-state index in [-0.39, 0.29) is 0 Å². The molecule has 0 saturated heterocycles. The Morgan fingerprint density at radius 2 is 2.08 bits per heavy atom. The van der Waals surface area contributed by atoms with Gasteiger partial charge >= 0.3 is 0 Å². The normalized spacial score (nSPS) is 40.9. The first-order chi connectivity index (χ1) is 6.36. The van der Waals surface area contributed by atoms with Crippen LogP contribution >= 0.6 is 0 Å². The maximum Gasteiger partial charge on any atom is 0.0638 e. The van der Waals surface area contributed by atoms with Crippen molar-refractivity contribution in [1.82, 2.24) is 0 Å². The molecule has 0 spiro atoms. The Kier molecular flexibility index (Phi) is 2.38. The van der Waals surface area contributed by atoms with E-state index in [4.69, 9.17) is 5.21 Å². The molecule has 2 nitrogen and oxygen atoms in total. The Bertz CT molecular complexity index is 226. The molecule has 2 bridgehead atoms. The van der Waals surface area contributed by atoms with Gasteiger partial charge in [-0.2, -0.15) is 0 Å². The van der Waals surface area contributed by atoms with E-state index in [9.17, 15) is 0 Å². The van der Waals surface area contributed by atoms with Crippen LogP contribution in [0.25, 0.3) is 0 Å². The fourth-order valence-electron chi connectivity index (χ4n) is 3.01. The van der Waals surface area contributed by atoms with Crippen LogP contribution in [0.4, 0.5) is 0 Å². The van der Waals surface area contributed by atoms with Gasteiger partial charge in [0.05, 0.1) is 5.71 Å². The molecule has 0 aliphatic heterocycles. The molecule has 3 saturated carbocycles. The molecule has 72 valence electrons. The zero-order chi connectivity index (χ0) is 9.26. The highest BCUT2D eigenvalue weighted by Gasteiger charge is 2.40. The summed E-state index contributed by atoms with van der Waals surface area (Å²) in [6, 6.07) is 0. The largest absolute Gasteiger partial charge is 0.411 e. The van der Waals surface area contributed by atoms with E-state index in [0.717, 1.165) is 18.1 Å². The lowest BCUT2D eigenvalue weighted by molar-refractivity contribution is 0.207. The summed E-state index contributed by atoms with van der Waals surface area (Å²) in [6.07, 6.45) is 8.05. The van der Waals surface area contributed by atoms with Crippen LogP contribution in [0.3, 0.4) is 0 Å². The number of hydrogen-bond acceptors (Lipinski definition) is 2. The van der Waals surface area contributed by atoms with Crippen molar-refractivity contribution >= 4 is 5.71 Å². The second-order valence-corrected chi connectivity index (χ2v) is 4.27. The van der Waals surface area contributed by atoms with Crippen LogP contribution in [-0.2, 0) is 0 Å². The molecule has 13 heavy (non-hydrogen) atoms. The number of oxime groups is 1. The highest BCUT2D eigenvalue weighted by molar-refractivity contribution is 5.90. The second kappa shape index (κ2) is 3.52. The first-order valence-electron chi connectivity index (χ1n) is 5.19. The van der Waals surface area contributed by atoms with Crippen LogP contribution in [0.2, 0.25) is 0 Å². The molecule has 1 unspecified atom stereocenters. The van der Waals surface area contributed by atoms with Crippen molar-refractivity contribution in [3.63, 3.8) is 0 Å². The van der Waals surface area contributed by atoms with E-state index in [0.29, 0.717) is 11.8 Å². The predicted molar refractivity (Wildman–Crippen MR) is 53.0 cm³/mol. The van der Waals surface area contributed by atoms with Crippen molar-refractivity contribution in [1.29, 1.82) is 0 Å². The van der Waals surface area contributed by atoms with Crippen molar-refractivity contribution in [3.05, 3.63) is 12.7 Å². The lowest BCUT2D eigenvalue weighted by atomic mass is 9.62. The number of rotatable bonds is 2. The molecule has 0 aromatic heterocycles. The summed E-state index contributed by atoms with van der Waals surface area (Å²) in [4.78, 5) is 0. The molecular weight excluding hydrogens is 162 g/mol. The van der Waals surface area contributed by atoms with Crippen LogP contribution in [0.5, 0.6) is 0 Å². The highest BCUT2D eigenvalue weighted by atomic mass is 16.4. The number of hydrogen-bond donors (Lipinski definition) is 1. The summed E-state index contributed by atoms with van der Waals surface area (Å²) < 4.78 is 0. The van der Waals surface area contributed by atoms with Gasteiger partial charge in [-0.3, -0.25) is 0 Å². The molecule has 3 fully saturated rings. The highest BCUT2D eigenvalue weighted by Crippen LogP contribution is 2.44. The summed E-state index contributed by atoms with van der Waals surface area (Å²) in [6.45, 7) is 3.77. The van der Waals surface area contributed by atoms with Gasteiger partial charge < -0.3 is 5.21 Å². The third-order valence-electron chi connectivity index (χ3n) is 3.68. The average Bonchev–Trinajstić information content (AvgIpc) is 2.20. The van der Waals surface area contributed by atoms with Gasteiger partial charge in [0.25, 0.3) is 0 Å². The third-order valence-corrected chi connectivity index (χ3v) is 3.68. The van der Waals surface area contributed by atoms with Crippen LogP contribution in [0.15, 0.2) is 17.8 Å². The van der Waals surface area contributed by atoms with Crippen molar-refractivity contribution in [2.45, 2.75) is 32.1 Å². The molecule has 3 rings (SSSR count). The molecule has 3 aliphatic rings. The van der Waals surface area contributed by atoms with Gasteiger partial charge in [0.1, 0.15) is 0 Å². The van der Waals surface area contributed by atoms with E-state index in [2.05, 4.69) is 11.7 Å². The summed E-state index contributed by atoms with van der Waals surface area (Å²) in [5.41, 5.74) is 1.06. The Labute approximate surface area is 79.3 Å². The molecule has 0 aromatic rings. The maximum atomic E-state index is 8.96. The molecule has 2 heteroatoms. The van der Waals surface area contributed by atoms with E-state index >= 15 is 0 Å². The summed E-state index contributed by atoms with van der Waals surface area (Å²) >= 11 is 0. The van der Waals surface area contributed by atoms with E-state index in [1.165, 1.54) is 25.7 Å². The van der Waals surface area contributed by atoms with Gasteiger partial charge in [-0.05, 0) is 38.0 Å². The SMILES string of the molecule is C=CCC1/C(=N\O)C2CCC1CC2. The van der Waals surface area contributed by atoms with Crippen molar-refractivity contribution in [2.24, 2.45) is 22.9 Å². The van der Waals surface area contributed by atoms with Crippen LogP contribution in [0.1, 0.15) is 32.1 Å². The lowest BCUT2D eigenvalue weighted by Gasteiger charge is -2.42. The van der Waals surface area contributed by atoms with Gasteiger partial charge in [-0.1, -0.05) is 11.2 Å². The van der Waals surface area contributed by atoms with Crippen LogP contribution in [0, 0.1) is 17.8 Å². The molecule has 1 atom stereocenters. The number of nitrogens with zero attached hydrogens (tertiary/aromatic N) is 1. The molecule has 0 radical (unpaired) electrons. The van der Waals surface area contributed by atoms with Crippen LogP contribution in [-0.4, -0.2) is 10.9 Å². The molecule has 0 heterocycles. The fourth-order valence-corrected chi connectivity index (χ4v) is 3.01. The quantitative estimate of drug-likeness (QED) is 0.394. The van der Waals surface area contributed by atoms with Gasteiger partial charge in [0.15, 0.2) is 0 Å². The van der Waals surface area contributed by atoms with Crippen molar-refractivity contribution in [2.75, 3.05) is 0 Å². The summed E-state index contributed by atoms with van der Waals surface area (Å²) in [7, 11) is 0. The molecular formula is C11H17NO. The van der Waals surface area contributed by atoms with Crippen molar-refractivity contribution in [3.8, 4) is 0 Å². The Balaban J connectivity index is 2.18. The zero-order valence-electron chi connectivity index (χ0n) is 7.95. The summed E-state index contributed by atoms with van der Waals surface area (Å²) in [5, 5.41) is 12.5. The van der Waals surface area contributed by atoms with Crippen LogP contribution < -0.4 is 0 Å². The molecule has 0 aromatic carbocycles. The van der Waals surface area contributed by atoms with Gasteiger partial charge in [0.2, 0.25) is 0 Å². The van der Waals surface area contributed by atoms with Gasteiger partial charge in [0, 0.05) is 11.8 Å². The lowest BCUT2D eigenvalue weighted by Crippen LogP contribution is -2.40. The fraction of sp³-hybridized carbons (Fsp3) is 0.727. The van der Waals surface area contributed by atoms with Gasteiger partial charge in [-0.25, -0.2) is 0 Å².